The Morgan fingerprint density at radius 2 is 1.70 bits per heavy atom. The highest BCUT2D eigenvalue weighted by atomic mass is 79.9. The van der Waals surface area contributed by atoms with E-state index in [2.05, 4.69) is 51.2 Å². The maximum absolute atomic E-state index is 6.51. The van der Waals surface area contributed by atoms with Crippen molar-refractivity contribution in [3.05, 3.63) is 64.1 Å². The van der Waals surface area contributed by atoms with E-state index >= 15 is 0 Å². The largest absolute Gasteiger partial charge is 0.371 e. The van der Waals surface area contributed by atoms with Gasteiger partial charge in [-0.3, -0.25) is 0 Å². The minimum atomic E-state index is -0.0794. The summed E-state index contributed by atoms with van der Waals surface area (Å²) in [5.74, 6) is 0. The van der Waals surface area contributed by atoms with Gasteiger partial charge in [0, 0.05) is 23.2 Å². The molecule has 3 heteroatoms. The van der Waals surface area contributed by atoms with Gasteiger partial charge in [-0.05, 0) is 42.2 Å². The standard InChI is InChI=1S/C17H19BrN2/c18-14-8-9-16(20-10-4-5-11-20)15(12-14)17(19)13-6-2-1-3-7-13/h1-3,6-9,12,17H,4-5,10-11,19H2. The average Bonchev–Trinajstić information content (AvgIpc) is 3.01. The normalized spacial score (nSPS) is 16.4. The zero-order chi connectivity index (χ0) is 13.9. The quantitative estimate of drug-likeness (QED) is 0.918. The number of nitrogens with zero attached hydrogens (tertiary/aromatic N) is 1. The van der Waals surface area contributed by atoms with Crippen LogP contribution in [0.25, 0.3) is 0 Å². The molecule has 2 aromatic carbocycles. The Balaban J connectivity index is 2.00. The molecule has 104 valence electrons. The molecule has 0 aliphatic carbocycles. The van der Waals surface area contributed by atoms with Gasteiger partial charge in [0.05, 0.1) is 6.04 Å². The summed E-state index contributed by atoms with van der Waals surface area (Å²) in [5.41, 5.74) is 10.1. The van der Waals surface area contributed by atoms with Crippen molar-refractivity contribution in [2.24, 2.45) is 5.73 Å². The summed E-state index contributed by atoms with van der Waals surface area (Å²) in [7, 11) is 0. The topological polar surface area (TPSA) is 29.3 Å². The first-order chi connectivity index (χ1) is 9.75. The first-order valence-corrected chi connectivity index (χ1v) is 7.90. The SMILES string of the molecule is NC(c1ccccc1)c1cc(Br)ccc1N1CCCC1. The zero-order valence-corrected chi connectivity index (χ0v) is 13.0. The number of halogens is 1. The molecule has 0 bridgehead atoms. The van der Waals surface area contributed by atoms with E-state index in [9.17, 15) is 0 Å². The molecule has 1 atom stereocenters. The van der Waals surface area contributed by atoms with E-state index in [4.69, 9.17) is 5.73 Å². The Hall–Kier alpha value is -1.32. The summed E-state index contributed by atoms with van der Waals surface area (Å²) in [6, 6.07) is 16.7. The molecule has 1 saturated heterocycles. The fourth-order valence-corrected chi connectivity index (χ4v) is 3.24. The third-order valence-corrected chi connectivity index (χ3v) is 4.42. The van der Waals surface area contributed by atoms with Crippen LogP contribution in [0.15, 0.2) is 53.0 Å². The highest BCUT2D eigenvalue weighted by Crippen LogP contribution is 2.33. The maximum Gasteiger partial charge on any atom is 0.0572 e. The molecule has 2 N–H and O–H groups in total. The molecular weight excluding hydrogens is 312 g/mol. The van der Waals surface area contributed by atoms with Gasteiger partial charge < -0.3 is 10.6 Å². The first kappa shape index (κ1) is 13.7. The van der Waals surface area contributed by atoms with Crippen molar-refractivity contribution in [3.8, 4) is 0 Å². The summed E-state index contributed by atoms with van der Waals surface area (Å²) < 4.78 is 1.09. The molecule has 2 nitrogen and oxygen atoms in total. The van der Waals surface area contributed by atoms with Gasteiger partial charge in [0.25, 0.3) is 0 Å². The first-order valence-electron chi connectivity index (χ1n) is 7.10. The van der Waals surface area contributed by atoms with E-state index in [1.807, 2.05) is 18.2 Å². The van der Waals surface area contributed by atoms with Crippen molar-refractivity contribution in [1.29, 1.82) is 0 Å². The number of anilines is 1. The Morgan fingerprint density at radius 1 is 1.00 bits per heavy atom. The molecule has 3 rings (SSSR count). The second kappa shape index (κ2) is 5.98. The molecule has 20 heavy (non-hydrogen) atoms. The molecule has 1 aliphatic heterocycles. The van der Waals surface area contributed by atoms with Crippen molar-refractivity contribution < 1.29 is 0 Å². The van der Waals surface area contributed by atoms with Gasteiger partial charge >= 0.3 is 0 Å². The van der Waals surface area contributed by atoms with Gasteiger partial charge in [-0.2, -0.15) is 0 Å². The van der Waals surface area contributed by atoms with Crippen LogP contribution in [0.3, 0.4) is 0 Å². The summed E-state index contributed by atoms with van der Waals surface area (Å²) in [6.45, 7) is 2.27. The summed E-state index contributed by atoms with van der Waals surface area (Å²) >= 11 is 3.57. The Labute approximate surface area is 128 Å². The minimum absolute atomic E-state index is 0.0794. The lowest BCUT2D eigenvalue weighted by atomic mass is 9.97. The van der Waals surface area contributed by atoms with E-state index in [0.717, 1.165) is 23.1 Å². The molecular formula is C17H19BrN2. The summed E-state index contributed by atoms with van der Waals surface area (Å²) in [5, 5.41) is 0. The molecule has 1 unspecified atom stereocenters. The summed E-state index contributed by atoms with van der Waals surface area (Å²) in [4.78, 5) is 2.45. The van der Waals surface area contributed by atoms with E-state index in [-0.39, 0.29) is 6.04 Å². The van der Waals surface area contributed by atoms with Crippen LogP contribution in [0.4, 0.5) is 5.69 Å². The molecule has 1 fully saturated rings. The third-order valence-electron chi connectivity index (χ3n) is 3.93. The minimum Gasteiger partial charge on any atom is -0.371 e. The van der Waals surface area contributed by atoms with Crippen molar-refractivity contribution in [1.82, 2.24) is 0 Å². The molecule has 0 aromatic heterocycles. The van der Waals surface area contributed by atoms with E-state index in [1.54, 1.807) is 0 Å². The molecule has 1 heterocycles. The second-order valence-electron chi connectivity index (χ2n) is 5.29. The van der Waals surface area contributed by atoms with Gasteiger partial charge in [0.2, 0.25) is 0 Å². The maximum atomic E-state index is 6.51. The smallest absolute Gasteiger partial charge is 0.0572 e. The highest BCUT2D eigenvalue weighted by Gasteiger charge is 2.20. The number of hydrogen-bond donors (Lipinski definition) is 1. The van der Waals surface area contributed by atoms with Crippen LogP contribution in [-0.4, -0.2) is 13.1 Å². The predicted molar refractivity (Wildman–Crippen MR) is 88.1 cm³/mol. The fourth-order valence-electron chi connectivity index (χ4n) is 2.86. The monoisotopic (exact) mass is 330 g/mol. The highest BCUT2D eigenvalue weighted by molar-refractivity contribution is 9.10. The lowest BCUT2D eigenvalue weighted by Crippen LogP contribution is -2.22. The molecule has 0 spiro atoms. The van der Waals surface area contributed by atoms with Crippen LogP contribution in [-0.2, 0) is 0 Å². The van der Waals surface area contributed by atoms with Crippen molar-refractivity contribution in [2.75, 3.05) is 18.0 Å². The fraction of sp³-hybridized carbons (Fsp3) is 0.294. The number of nitrogens with two attached hydrogens (primary N) is 1. The molecule has 0 amide bonds. The molecule has 2 aromatic rings. The van der Waals surface area contributed by atoms with Crippen LogP contribution >= 0.6 is 15.9 Å². The number of rotatable bonds is 3. The van der Waals surface area contributed by atoms with Crippen molar-refractivity contribution in [3.63, 3.8) is 0 Å². The van der Waals surface area contributed by atoms with Gasteiger partial charge in [-0.15, -0.1) is 0 Å². The van der Waals surface area contributed by atoms with Crippen LogP contribution in [0.2, 0.25) is 0 Å². The van der Waals surface area contributed by atoms with Crippen LogP contribution in [0.5, 0.6) is 0 Å². The Bertz CT molecular complexity index is 577. The molecule has 0 radical (unpaired) electrons. The zero-order valence-electron chi connectivity index (χ0n) is 11.4. The lowest BCUT2D eigenvalue weighted by molar-refractivity contribution is 0.849. The van der Waals surface area contributed by atoms with Crippen molar-refractivity contribution in [2.45, 2.75) is 18.9 Å². The van der Waals surface area contributed by atoms with Crippen molar-refractivity contribution >= 4 is 21.6 Å². The van der Waals surface area contributed by atoms with Crippen LogP contribution in [0.1, 0.15) is 30.0 Å². The van der Waals surface area contributed by atoms with E-state index < -0.39 is 0 Å². The average molecular weight is 331 g/mol. The second-order valence-corrected chi connectivity index (χ2v) is 6.20. The van der Waals surface area contributed by atoms with Gasteiger partial charge in [0.1, 0.15) is 0 Å². The molecule has 1 aliphatic rings. The van der Waals surface area contributed by atoms with E-state index in [0.29, 0.717) is 0 Å². The van der Waals surface area contributed by atoms with Gasteiger partial charge in [-0.25, -0.2) is 0 Å². The van der Waals surface area contributed by atoms with Crippen LogP contribution in [0, 0.1) is 0 Å². The molecule has 0 saturated carbocycles. The van der Waals surface area contributed by atoms with Gasteiger partial charge in [-0.1, -0.05) is 46.3 Å². The predicted octanol–water partition coefficient (Wildman–Crippen LogP) is 4.10. The Kier molecular flexibility index (Phi) is 4.08. The Morgan fingerprint density at radius 3 is 2.40 bits per heavy atom. The lowest BCUT2D eigenvalue weighted by Gasteiger charge is -2.25. The summed E-state index contributed by atoms with van der Waals surface area (Å²) in [6.07, 6.45) is 2.55. The number of hydrogen-bond acceptors (Lipinski definition) is 2. The number of benzene rings is 2. The van der Waals surface area contributed by atoms with E-state index in [1.165, 1.54) is 24.1 Å². The van der Waals surface area contributed by atoms with Crippen LogP contribution < -0.4 is 10.6 Å². The van der Waals surface area contributed by atoms with Gasteiger partial charge in [0.15, 0.2) is 0 Å². The third kappa shape index (κ3) is 2.74.